The van der Waals surface area contributed by atoms with Gasteiger partial charge in [0, 0.05) is 6.07 Å². The lowest BCUT2D eigenvalue weighted by Gasteiger charge is -1.84. The molecule has 0 saturated carbocycles. The summed E-state index contributed by atoms with van der Waals surface area (Å²) in [7, 11) is 0. The Morgan fingerprint density at radius 2 is 2.50 bits per heavy atom. The molecule has 1 radical (unpaired) electrons. The third-order valence-corrected chi connectivity index (χ3v) is 0.626. The minimum Gasteiger partial charge on any atom is -0.355 e. The maximum absolute atomic E-state index is 11.4. The van der Waals surface area contributed by atoms with Gasteiger partial charge in [-0.2, -0.15) is 0 Å². The molecule has 0 saturated heterocycles. The molecule has 43 valence electrons. The summed E-state index contributed by atoms with van der Waals surface area (Å²) in [5, 5.41) is 2.96. The van der Waals surface area contributed by atoms with E-state index in [0.29, 0.717) is 0 Å². The van der Waals surface area contributed by atoms with Gasteiger partial charge in [-0.25, -0.2) is 8.78 Å². The van der Waals surface area contributed by atoms with E-state index in [1.807, 2.05) is 0 Å². The summed E-state index contributed by atoms with van der Waals surface area (Å²) in [6.45, 7) is 0. The van der Waals surface area contributed by atoms with Crippen molar-refractivity contribution in [2.24, 2.45) is 0 Å². The number of alkyl halides is 2. The largest absolute Gasteiger partial charge is 0.355 e. The van der Waals surface area contributed by atoms with Crippen LogP contribution in [0.1, 0.15) is 12.2 Å². The molecule has 0 aliphatic heterocycles. The summed E-state index contributed by atoms with van der Waals surface area (Å²) in [5.41, 5.74) is 0. The molecule has 4 heteroatoms. The van der Waals surface area contributed by atoms with Crippen molar-refractivity contribution in [2.45, 2.75) is 6.43 Å². The molecule has 1 rings (SSSR count). The van der Waals surface area contributed by atoms with Gasteiger partial charge >= 0.3 is 0 Å². The molecule has 0 amide bonds. The number of hydrogen-bond donors (Lipinski definition) is 0. The fourth-order valence-corrected chi connectivity index (χ4v) is 0.298. The van der Waals surface area contributed by atoms with E-state index in [2.05, 4.69) is 15.9 Å². The highest BCUT2D eigenvalue weighted by Crippen LogP contribution is 2.15. The first-order valence-corrected chi connectivity index (χ1v) is 1.91. The summed E-state index contributed by atoms with van der Waals surface area (Å²) in [6.07, 6.45) is -0.461. The van der Waals surface area contributed by atoms with E-state index in [1.165, 1.54) is 0 Å². The standard InChI is InChI=1S/C4H2F2NO/c5-4(6)3-1-2-7-8-3/h1,4H. The van der Waals surface area contributed by atoms with E-state index in [0.717, 1.165) is 6.07 Å². The van der Waals surface area contributed by atoms with Crippen LogP contribution in [0.25, 0.3) is 0 Å². The molecule has 0 aliphatic rings. The van der Waals surface area contributed by atoms with Gasteiger partial charge in [0.25, 0.3) is 6.43 Å². The van der Waals surface area contributed by atoms with Crippen LogP contribution in [-0.4, -0.2) is 5.16 Å². The van der Waals surface area contributed by atoms with Crippen LogP contribution in [0, 0.1) is 6.20 Å². The molecule has 0 aromatic carbocycles. The van der Waals surface area contributed by atoms with Gasteiger partial charge in [-0.15, -0.1) is 0 Å². The lowest BCUT2D eigenvalue weighted by molar-refractivity contribution is 0.112. The lowest BCUT2D eigenvalue weighted by atomic mass is 10.5. The zero-order chi connectivity index (χ0) is 5.98. The summed E-state index contributed by atoms with van der Waals surface area (Å²) in [6, 6.07) is 1.00. The SMILES string of the molecule is FC(F)c1c[c]no1. The number of aromatic nitrogens is 1. The Balaban J connectivity index is 2.77. The molecule has 0 N–H and O–H groups in total. The number of halogens is 2. The Morgan fingerprint density at radius 3 is 2.75 bits per heavy atom. The van der Waals surface area contributed by atoms with Crippen molar-refractivity contribution < 1.29 is 13.3 Å². The Kier molecular flexibility index (Phi) is 1.24. The van der Waals surface area contributed by atoms with E-state index < -0.39 is 12.2 Å². The van der Waals surface area contributed by atoms with Crippen LogP contribution in [0.2, 0.25) is 0 Å². The minimum absolute atomic E-state index is 0.440. The zero-order valence-corrected chi connectivity index (χ0v) is 3.77. The summed E-state index contributed by atoms with van der Waals surface area (Å²) in [4.78, 5) is 0. The fourth-order valence-electron chi connectivity index (χ4n) is 0.298. The fraction of sp³-hybridized carbons (Fsp3) is 0.250. The van der Waals surface area contributed by atoms with Crippen LogP contribution in [0.15, 0.2) is 10.6 Å². The Bertz CT molecular complexity index is 149. The molecular formula is C4H2F2NO. The van der Waals surface area contributed by atoms with Crippen molar-refractivity contribution in [3.05, 3.63) is 18.0 Å². The van der Waals surface area contributed by atoms with Gasteiger partial charge < -0.3 is 4.52 Å². The van der Waals surface area contributed by atoms with E-state index >= 15 is 0 Å². The van der Waals surface area contributed by atoms with E-state index in [1.54, 1.807) is 0 Å². The summed E-state index contributed by atoms with van der Waals surface area (Å²) < 4.78 is 26.9. The van der Waals surface area contributed by atoms with Crippen LogP contribution in [0.5, 0.6) is 0 Å². The third-order valence-electron chi connectivity index (χ3n) is 0.626. The number of rotatable bonds is 1. The average Bonchev–Trinajstić information content (AvgIpc) is 2.12. The van der Waals surface area contributed by atoms with Gasteiger partial charge in [-0.05, 0) is 0 Å². The van der Waals surface area contributed by atoms with Gasteiger partial charge in [0.15, 0.2) is 0 Å². The highest BCUT2D eigenvalue weighted by Gasteiger charge is 2.09. The molecular weight excluding hydrogens is 116 g/mol. The third kappa shape index (κ3) is 0.828. The van der Waals surface area contributed by atoms with Crippen LogP contribution in [-0.2, 0) is 0 Å². The van der Waals surface area contributed by atoms with Gasteiger partial charge in [0.05, 0.1) is 0 Å². The summed E-state index contributed by atoms with van der Waals surface area (Å²) >= 11 is 0. The predicted molar refractivity (Wildman–Crippen MR) is 20.3 cm³/mol. The van der Waals surface area contributed by atoms with Crippen LogP contribution < -0.4 is 0 Å². The molecule has 1 heterocycles. The molecule has 0 unspecified atom stereocenters. The number of hydrogen-bond acceptors (Lipinski definition) is 2. The predicted octanol–water partition coefficient (Wildman–Crippen LogP) is 1.41. The molecule has 2 nitrogen and oxygen atoms in total. The highest BCUT2D eigenvalue weighted by molar-refractivity contribution is 4.92. The van der Waals surface area contributed by atoms with Crippen LogP contribution in [0.3, 0.4) is 0 Å². The van der Waals surface area contributed by atoms with Crippen molar-refractivity contribution in [3.63, 3.8) is 0 Å². The lowest BCUT2D eigenvalue weighted by Crippen LogP contribution is -1.75. The van der Waals surface area contributed by atoms with Crippen LogP contribution in [0.4, 0.5) is 8.78 Å². The molecule has 0 fully saturated rings. The molecule has 0 atom stereocenters. The Morgan fingerprint density at radius 1 is 1.75 bits per heavy atom. The van der Waals surface area contributed by atoms with Crippen molar-refractivity contribution >= 4 is 0 Å². The second-order valence-electron chi connectivity index (χ2n) is 1.16. The first kappa shape index (κ1) is 5.21. The first-order valence-electron chi connectivity index (χ1n) is 1.91. The molecule has 0 bridgehead atoms. The smallest absolute Gasteiger partial charge is 0.298 e. The number of nitrogens with zero attached hydrogens (tertiary/aromatic N) is 1. The maximum atomic E-state index is 11.4. The zero-order valence-electron chi connectivity index (χ0n) is 3.77. The van der Waals surface area contributed by atoms with Crippen molar-refractivity contribution in [1.29, 1.82) is 0 Å². The second kappa shape index (κ2) is 1.90. The first-order chi connectivity index (χ1) is 3.80. The minimum atomic E-state index is -2.58. The van der Waals surface area contributed by atoms with E-state index in [-0.39, 0.29) is 0 Å². The topological polar surface area (TPSA) is 26.0 Å². The Labute approximate surface area is 44.1 Å². The Hall–Kier alpha value is -0.930. The van der Waals surface area contributed by atoms with Crippen molar-refractivity contribution in [1.82, 2.24) is 5.16 Å². The highest BCUT2D eigenvalue weighted by atomic mass is 19.3. The average molecular weight is 118 g/mol. The normalized spacial score (nSPS) is 10.4. The van der Waals surface area contributed by atoms with Crippen LogP contribution >= 0.6 is 0 Å². The quantitative estimate of drug-likeness (QED) is 0.557. The monoisotopic (exact) mass is 118 g/mol. The molecule has 8 heavy (non-hydrogen) atoms. The molecule has 0 aliphatic carbocycles. The van der Waals surface area contributed by atoms with Gasteiger partial charge in [-0.1, -0.05) is 5.16 Å². The molecule has 0 spiro atoms. The van der Waals surface area contributed by atoms with Gasteiger partial charge in [-0.3, -0.25) is 0 Å². The van der Waals surface area contributed by atoms with E-state index in [4.69, 9.17) is 0 Å². The molecule has 1 aromatic heterocycles. The van der Waals surface area contributed by atoms with Gasteiger partial charge in [0.1, 0.15) is 6.20 Å². The summed E-state index contributed by atoms with van der Waals surface area (Å²) in [5.74, 6) is -0.440. The second-order valence-corrected chi connectivity index (χ2v) is 1.16. The molecule has 1 aromatic rings. The van der Waals surface area contributed by atoms with Crippen molar-refractivity contribution in [3.8, 4) is 0 Å². The van der Waals surface area contributed by atoms with Crippen molar-refractivity contribution in [2.75, 3.05) is 0 Å². The maximum Gasteiger partial charge on any atom is 0.298 e. The van der Waals surface area contributed by atoms with E-state index in [9.17, 15) is 8.78 Å². The van der Waals surface area contributed by atoms with Gasteiger partial charge in [0.2, 0.25) is 5.76 Å².